The Morgan fingerprint density at radius 3 is 2.57 bits per heavy atom. The van der Waals surface area contributed by atoms with E-state index < -0.39 is 23.8 Å². The minimum absolute atomic E-state index is 0.107. The summed E-state index contributed by atoms with van der Waals surface area (Å²) in [4.78, 5) is 51.6. The molecule has 3 aliphatic heterocycles. The molecule has 2 aromatic rings. The van der Waals surface area contributed by atoms with Crippen LogP contribution in [0.25, 0.3) is 0 Å². The highest BCUT2D eigenvalue weighted by Crippen LogP contribution is 2.51. The van der Waals surface area contributed by atoms with Gasteiger partial charge in [0.05, 0.1) is 11.1 Å². The average Bonchev–Trinajstić information content (AvgIpc) is 3.29. The molecule has 0 radical (unpaired) electrons. The Labute approximate surface area is 203 Å². The Morgan fingerprint density at radius 2 is 1.77 bits per heavy atom. The maximum atomic E-state index is 13.4. The number of fused-ring (bicyclic) bond motifs is 2. The fourth-order valence-electron chi connectivity index (χ4n) is 6.45. The number of benzene rings is 2. The lowest BCUT2D eigenvalue weighted by atomic mass is 9.73. The van der Waals surface area contributed by atoms with Crippen LogP contribution in [0.3, 0.4) is 0 Å². The van der Waals surface area contributed by atoms with Crippen molar-refractivity contribution in [3.63, 3.8) is 0 Å². The second-order valence-corrected chi connectivity index (χ2v) is 10.1. The fourth-order valence-corrected chi connectivity index (χ4v) is 6.45. The molecule has 8 heteroatoms. The van der Waals surface area contributed by atoms with Crippen LogP contribution < -0.4 is 16.0 Å². The molecule has 180 valence electrons. The number of amides is 4. The molecule has 4 aliphatic rings. The lowest BCUT2D eigenvalue weighted by Crippen LogP contribution is -2.54. The largest absolute Gasteiger partial charge is 0.317 e. The van der Waals surface area contributed by atoms with Gasteiger partial charge in [-0.1, -0.05) is 36.4 Å². The van der Waals surface area contributed by atoms with Gasteiger partial charge in [-0.2, -0.15) is 0 Å². The maximum absolute atomic E-state index is 13.4. The number of hydrogen-bond donors (Lipinski definition) is 3. The van der Waals surface area contributed by atoms with Crippen LogP contribution in [0, 0.1) is 5.41 Å². The summed E-state index contributed by atoms with van der Waals surface area (Å²) in [5.41, 5.74) is 4.26. The van der Waals surface area contributed by atoms with E-state index in [1.807, 2.05) is 6.07 Å². The number of imide groups is 2. The van der Waals surface area contributed by atoms with E-state index in [-0.39, 0.29) is 30.2 Å². The maximum Gasteiger partial charge on any atom is 0.262 e. The summed E-state index contributed by atoms with van der Waals surface area (Å²) >= 11 is 0. The smallest absolute Gasteiger partial charge is 0.262 e. The molecule has 1 aliphatic carbocycles. The van der Waals surface area contributed by atoms with Gasteiger partial charge in [-0.3, -0.25) is 29.4 Å². The van der Waals surface area contributed by atoms with E-state index in [2.05, 4.69) is 40.2 Å². The Kier molecular flexibility index (Phi) is 5.30. The summed E-state index contributed by atoms with van der Waals surface area (Å²) in [6, 6.07) is 13.1. The number of nitrogens with zero attached hydrogens (tertiary/aromatic N) is 1. The van der Waals surface area contributed by atoms with Gasteiger partial charge in [0.15, 0.2) is 0 Å². The monoisotopic (exact) mass is 472 g/mol. The highest BCUT2D eigenvalue weighted by Gasteiger charge is 2.47. The molecule has 2 saturated heterocycles. The first-order valence-electron chi connectivity index (χ1n) is 12.3. The molecule has 35 heavy (non-hydrogen) atoms. The number of rotatable bonds is 4. The van der Waals surface area contributed by atoms with E-state index in [1.54, 1.807) is 12.1 Å². The Hall–Kier alpha value is -3.36. The van der Waals surface area contributed by atoms with Gasteiger partial charge in [-0.05, 0) is 66.9 Å². The fraction of sp³-hybridized carbons (Fsp3) is 0.407. The molecule has 3 heterocycles. The van der Waals surface area contributed by atoms with E-state index in [0.717, 1.165) is 42.8 Å². The van der Waals surface area contributed by atoms with Gasteiger partial charge in [0.2, 0.25) is 11.8 Å². The van der Waals surface area contributed by atoms with Crippen molar-refractivity contribution in [3.05, 3.63) is 70.3 Å². The summed E-state index contributed by atoms with van der Waals surface area (Å²) in [5.74, 6) is -1.90. The van der Waals surface area contributed by atoms with Crippen LogP contribution in [-0.4, -0.2) is 47.7 Å². The molecule has 0 aromatic heterocycles. The predicted molar refractivity (Wildman–Crippen MR) is 127 cm³/mol. The van der Waals surface area contributed by atoms with Crippen molar-refractivity contribution in [2.45, 2.75) is 50.7 Å². The van der Waals surface area contributed by atoms with Crippen molar-refractivity contribution in [1.82, 2.24) is 20.9 Å². The third-order valence-electron chi connectivity index (χ3n) is 8.17. The zero-order valence-electron chi connectivity index (χ0n) is 19.4. The van der Waals surface area contributed by atoms with Crippen LogP contribution >= 0.6 is 0 Å². The standard InChI is InChI=1S/C27H28N4O4/c32-21-9-8-20(24(33)30-21)31-25(34)19-7-3-5-17(22(19)26(31)35)15-29-23-18-6-2-1-4-16(18)14-27(23)10-12-28-13-11-27/h1-7,20,23,28-29H,8-15H2,(H,30,32,33). The van der Waals surface area contributed by atoms with Crippen molar-refractivity contribution < 1.29 is 19.2 Å². The number of piperidine rings is 2. The molecular weight excluding hydrogens is 444 g/mol. The molecule has 3 N–H and O–H groups in total. The van der Waals surface area contributed by atoms with Gasteiger partial charge >= 0.3 is 0 Å². The molecule has 6 rings (SSSR count). The lowest BCUT2D eigenvalue weighted by molar-refractivity contribution is -0.136. The van der Waals surface area contributed by atoms with Crippen molar-refractivity contribution in [3.8, 4) is 0 Å². The first kappa shape index (κ1) is 22.1. The van der Waals surface area contributed by atoms with Crippen LogP contribution in [0.5, 0.6) is 0 Å². The van der Waals surface area contributed by atoms with Crippen LogP contribution in [-0.2, 0) is 22.6 Å². The number of carbonyl (C=O) groups excluding carboxylic acids is 4. The highest BCUT2D eigenvalue weighted by atomic mass is 16.2. The molecule has 2 fully saturated rings. The Bertz CT molecular complexity index is 1250. The second-order valence-electron chi connectivity index (χ2n) is 10.1. The van der Waals surface area contributed by atoms with E-state index in [0.29, 0.717) is 17.7 Å². The summed E-state index contributed by atoms with van der Waals surface area (Å²) in [6.07, 6.45) is 3.45. The average molecular weight is 473 g/mol. The molecule has 1 spiro atoms. The first-order chi connectivity index (χ1) is 17.0. The van der Waals surface area contributed by atoms with Gasteiger partial charge in [0, 0.05) is 19.0 Å². The summed E-state index contributed by atoms with van der Waals surface area (Å²) in [7, 11) is 0. The van der Waals surface area contributed by atoms with Crippen molar-refractivity contribution >= 4 is 23.6 Å². The quantitative estimate of drug-likeness (QED) is 0.587. The molecule has 2 aromatic carbocycles. The minimum atomic E-state index is -0.958. The van der Waals surface area contributed by atoms with Crippen LogP contribution in [0.1, 0.15) is 69.1 Å². The lowest BCUT2D eigenvalue weighted by Gasteiger charge is -2.40. The molecule has 0 saturated carbocycles. The molecule has 4 amide bonds. The van der Waals surface area contributed by atoms with E-state index in [1.165, 1.54) is 11.1 Å². The normalized spacial score (nSPS) is 25.1. The third-order valence-corrected chi connectivity index (χ3v) is 8.17. The van der Waals surface area contributed by atoms with Gasteiger partial charge in [-0.15, -0.1) is 0 Å². The summed E-state index contributed by atoms with van der Waals surface area (Å²) < 4.78 is 0. The van der Waals surface area contributed by atoms with Crippen LogP contribution in [0.15, 0.2) is 42.5 Å². The van der Waals surface area contributed by atoms with Gasteiger partial charge in [-0.25, -0.2) is 0 Å². The van der Waals surface area contributed by atoms with Crippen molar-refractivity contribution in [1.29, 1.82) is 0 Å². The molecule has 2 unspecified atom stereocenters. The highest BCUT2D eigenvalue weighted by molar-refractivity contribution is 6.24. The minimum Gasteiger partial charge on any atom is -0.317 e. The Morgan fingerprint density at radius 1 is 0.971 bits per heavy atom. The van der Waals surface area contributed by atoms with Crippen LogP contribution in [0.4, 0.5) is 0 Å². The van der Waals surface area contributed by atoms with E-state index >= 15 is 0 Å². The summed E-state index contributed by atoms with van der Waals surface area (Å²) in [6.45, 7) is 2.42. The number of nitrogens with one attached hydrogen (secondary N) is 3. The zero-order valence-corrected chi connectivity index (χ0v) is 19.4. The topological polar surface area (TPSA) is 108 Å². The number of hydrogen-bond acceptors (Lipinski definition) is 6. The third kappa shape index (κ3) is 3.51. The van der Waals surface area contributed by atoms with E-state index in [9.17, 15) is 19.2 Å². The molecule has 2 atom stereocenters. The van der Waals surface area contributed by atoms with Gasteiger partial charge < -0.3 is 10.6 Å². The van der Waals surface area contributed by atoms with Crippen molar-refractivity contribution in [2.75, 3.05) is 13.1 Å². The number of carbonyl (C=O) groups is 4. The molecule has 0 bridgehead atoms. The zero-order chi connectivity index (χ0) is 24.2. The predicted octanol–water partition coefficient (Wildman–Crippen LogP) is 1.84. The van der Waals surface area contributed by atoms with Crippen LogP contribution in [0.2, 0.25) is 0 Å². The molecule has 8 nitrogen and oxygen atoms in total. The Balaban J connectivity index is 1.28. The molecular formula is C27H28N4O4. The SMILES string of the molecule is O=C1CCC(N2C(=O)c3cccc(CNC4c5ccccc5CC45CCNCC5)c3C2=O)C(=O)N1. The first-order valence-corrected chi connectivity index (χ1v) is 12.3. The second kappa shape index (κ2) is 8.39. The van der Waals surface area contributed by atoms with Gasteiger partial charge in [0.1, 0.15) is 6.04 Å². The van der Waals surface area contributed by atoms with E-state index in [4.69, 9.17) is 0 Å². The van der Waals surface area contributed by atoms with Gasteiger partial charge in [0.25, 0.3) is 11.8 Å². The van der Waals surface area contributed by atoms with Crippen molar-refractivity contribution in [2.24, 2.45) is 5.41 Å². The summed E-state index contributed by atoms with van der Waals surface area (Å²) in [5, 5.41) is 9.48.